The summed E-state index contributed by atoms with van der Waals surface area (Å²) in [5.74, 6) is 0.134. The first-order chi connectivity index (χ1) is 15.9. The van der Waals surface area contributed by atoms with E-state index in [4.69, 9.17) is 4.74 Å². The molecular weight excluding hydrogens is 504 g/mol. The molecule has 0 saturated carbocycles. The van der Waals surface area contributed by atoms with E-state index in [-0.39, 0.29) is 17.4 Å². The molecule has 0 aliphatic rings. The predicted octanol–water partition coefficient (Wildman–Crippen LogP) is 5.10. The first kappa shape index (κ1) is 22.8. The van der Waals surface area contributed by atoms with Gasteiger partial charge in [-0.1, -0.05) is 58.4 Å². The first-order valence-electron chi connectivity index (χ1n) is 10.2. The minimum Gasteiger partial charge on any atom is -0.484 e. The normalized spacial score (nSPS) is 11.2. The Morgan fingerprint density at radius 3 is 2.30 bits per heavy atom. The number of amides is 1. The van der Waals surface area contributed by atoms with E-state index in [1.807, 2.05) is 42.5 Å². The summed E-state index contributed by atoms with van der Waals surface area (Å²) in [5.41, 5.74) is 1.48. The minimum atomic E-state index is -3.73. The van der Waals surface area contributed by atoms with Crippen LogP contribution in [0.3, 0.4) is 0 Å². The van der Waals surface area contributed by atoms with Crippen LogP contribution in [0, 0.1) is 0 Å². The molecule has 0 saturated heterocycles. The number of hydrogen-bond acceptors (Lipinski definition) is 4. The van der Waals surface area contributed by atoms with Crippen molar-refractivity contribution in [3.8, 4) is 5.75 Å². The van der Waals surface area contributed by atoms with E-state index in [1.165, 1.54) is 24.3 Å². The fraction of sp³-hybridized carbons (Fsp3) is 0.0800. The lowest BCUT2D eigenvalue weighted by atomic mass is 10.0. The SMILES string of the molecule is O=C(COc1ccc(S(=O)(=O)Nc2ccc(Br)cc2)cc1)NCc1cccc2ccccc12. The number of hydrogen-bond donors (Lipinski definition) is 2. The van der Waals surface area contributed by atoms with Crippen LogP contribution < -0.4 is 14.8 Å². The third-order valence-electron chi connectivity index (χ3n) is 4.96. The van der Waals surface area contributed by atoms with Crippen molar-refractivity contribution in [1.82, 2.24) is 5.32 Å². The van der Waals surface area contributed by atoms with Gasteiger partial charge in [0.1, 0.15) is 5.75 Å². The molecule has 0 aliphatic heterocycles. The van der Waals surface area contributed by atoms with Crippen molar-refractivity contribution in [2.75, 3.05) is 11.3 Å². The van der Waals surface area contributed by atoms with Crippen LogP contribution in [0.15, 0.2) is 100 Å². The molecule has 33 heavy (non-hydrogen) atoms. The van der Waals surface area contributed by atoms with Gasteiger partial charge in [-0.05, 0) is 64.9 Å². The van der Waals surface area contributed by atoms with E-state index in [1.54, 1.807) is 24.3 Å². The predicted molar refractivity (Wildman–Crippen MR) is 133 cm³/mol. The van der Waals surface area contributed by atoms with Crippen LogP contribution in [0.4, 0.5) is 5.69 Å². The van der Waals surface area contributed by atoms with Gasteiger partial charge in [0.15, 0.2) is 6.61 Å². The number of sulfonamides is 1. The highest BCUT2D eigenvalue weighted by atomic mass is 79.9. The fourth-order valence-electron chi connectivity index (χ4n) is 3.29. The molecule has 0 radical (unpaired) electrons. The molecule has 0 heterocycles. The molecule has 8 heteroatoms. The lowest BCUT2D eigenvalue weighted by Crippen LogP contribution is -2.28. The zero-order chi connectivity index (χ0) is 23.3. The van der Waals surface area contributed by atoms with Gasteiger partial charge in [-0.15, -0.1) is 0 Å². The average molecular weight is 525 g/mol. The van der Waals surface area contributed by atoms with E-state index in [0.717, 1.165) is 20.8 Å². The smallest absolute Gasteiger partial charge is 0.261 e. The number of carbonyl (C=O) groups excluding carboxylic acids is 1. The van der Waals surface area contributed by atoms with Crippen molar-refractivity contribution in [3.05, 3.63) is 101 Å². The van der Waals surface area contributed by atoms with E-state index in [9.17, 15) is 13.2 Å². The molecule has 0 fully saturated rings. The summed E-state index contributed by atoms with van der Waals surface area (Å²) in [7, 11) is -3.73. The van der Waals surface area contributed by atoms with Gasteiger partial charge in [-0.25, -0.2) is 8.42 Å². The summed E-state index contributed by atoms with van der Waals surface area (Å²) < 4.78 is 34.0. The van der Waals surface area contributed by atoms with Crippen LogP contribution in [0.5, 0.6) is 5.75 Å². The Morgan fingerprint density at radius 2 is 1.55 bits per heavy atom. The lowest BCUT2D eigenvalue weighted by Gasteiger charge is -2.11. The maximum Gasteiger partial charge on any atom is 0.261 e. The van der Waals surface area contributed by atoms with E-state index < -0.39 is 10.0 Å². The Bertz CT molecular complexity index is 1370. The minimum absolute atomic E-state index is 0.0955. The van der Waals surface area contributed by atoms with E-state index in [0.29, 0.717) is 18.0 Å². The molecule has 0 spiro atoms. The van der Waals surface area contributed by atoms with Crippen molar-refractivity contribution in [2.45, 2.75) is 11.4 Å². The number of anilines is 1. The quantitative estimate of drug-likeness (QED) is 0.336. The molecule has 168 valence electrons. The zero-order valence-corrected chi connectivity index (χ0v) is 19.9. The van der Waals surface area contributed by atoms with Gasteiger partial charge in [-0.3, -0.25) is 9.52 Å². The molecule has 0 bridgehead atoms. The van der Waals surface area contributed by atoms with E-state index >= 15 is 0 Å². The Balaban J connectivity index is 1.31. The summed E-state index contributed by atoms with van der Waals surface area (Å²) in [5, 5.41) is 5.06. The van der Waals surface area contributed by atoms with Gasteiger partial charge in [0.25, 0.3) is 15.9 Å². The Hall–Kier alpha value is -3.36. The summed E-state index contributed by atoms with van der Waals surface area (Å²) in [6, 6.07) is 26.7. The van der Waals surface area contributed by atoms with Gasteiger partial charge < -0.3 is 10.1 Å². The molecule has 0 aliphatic carbocycles. The highest BCUT2D eigenvalue weighted by Gasteiger charge is 2.14. The van der Waals surface area contributed by atoms with E-state index in [2.05, 4.69) is 26.0 Å². The zero-order valence-electron chi connectivity index (χ0n) is 17.5. The Labute approximate surface area is 200 Å². The first-order valence-corrected chi connectivity index (χ1v) is 12.4. The Morgan fingerprint density at radius 1 is 0.848 bits per heavy atom. The maximum absolute atomic E-state index is 12.5. The summed E-state index contributed by atoms with van der Waals surface area (Å²) in [4.78, 5) is 12.3. The van der Waals surface area contributed by atoms with Crippen LogP contribution in [0.1, 0.15) is 5.56 Å². The highest BCUT2D eigenvalue weighted by molar-refractivity contribution is 9.10. The molecule has 0 atom stereocenters. The van der Waals surface area contributed by atoms with Gasteiger partial charge in [0.05, 0.1) is 4.90 Å². The van der Waals surface area contributed by atoms with Crippen LogP contribution in [0.25, 0.3) is 10.8 Å². The third-order valence-corrected chi connectivity index (χ3v) is 6.88. The molecular formula is C25H21BrN2O4S. The van der Waals surface area contributed by atoms with Crippen molar-refractivity contribution < 1.29 is 17.9 Å². The molecule has 0 aromatic heterocycles. The molecule has 6 nitrogen and oxygen atoms in total. The molecule has 4 aromatic rings. The van der Waals surface area contributed by atoms with Crippen molar-refractivity contribution >= 4 is 48.3 Å². The second kappa shape index (κ2) is 10.1. The summed E-state index contributed by atoms with van der Waals surface area (Å²) in [6.07, 6.45) is 0. The molecule has 4 aromatic carbocycles. The molecule has 0 unspecified atom stereocenters. The fourth-order valence-corrected chi connectivity index (χ4v) is 4.61. The van der Waals surface area contributed by atoms with Gasteiger partial charge in [0.2, 0.25) is 0 Å². The summed E-state index contributed by atoms with van der Waals surface area (Å²) in [6.45, 7) is 0.219. The van der Waals surface area contributed by atoms with Crippen molar-refractivity contribution in [3.63, 3.8) is 0 Å². The number of benzene rings is 4. The number of ether oxygens (including phenoxy) is 1. The number of rotatable bonds is 8. The highest BCUT2D eigenvalue weighted by Crippen LogP contribution is 2.21. The Kier molecular flexibility index (Phi) is 6.96. The second-order valence-electron chi connectivity index (χ2n) is 7.29. The monoisotopic (exact) mass is 524 g/mol. The van der Waals surface area contributed by atoms with Crippen LogP contribution in [-0.4, -0.2) is 20.9 Å². The van der Waals surface area contributed by atoms with Gasteiger partial charge in [0, 0.05) is 16.7 Å². The number of nitrogens with one attached hydrogen (secondary N) is 2. The second-order valence-corrected chi connectivity index (χ2v) is 9.89. The third kappa shape index (κ3) is 5.91. The topological polar surface area (TPSA) is 84.5 Å². The maximum atomic E-state index is 12.5. The molecule has 1 amide bonds. The number of carbonyl (C=O) groups is 1. The summed E-state index contributed by atoms with van der Waals surface area (Å²) >= 11 is 3.31. The van der Waals surface area contributed by atoms with Crippen molar-refractivity contribution in [2.24, 2.45) is 0 Å². The molecule has 2 N–H and O–H groups in total. The lowest BCUT2D eigenvalue weighted by molar-refractivity contribution is -0.123. The number of halogens is 1. The van der Waals surface area contributed by atoms with Crippen molar-refractivity contribution in [1.29, 1.82) is 0 Å². The molecule has 4 rings (SSSR count). The van der Waals surface area contributed by atoms with Gasteiger partial charge >= 0.3 is 0 Å². The number of fused-ring (bicyclic) bond motifs is 1. The van der Waals surface area contributed by atoms with Crippen LogP contribution >= 0.6 is 15.9 Å². The average Bonchev–Trinajstić information content (AvgIpc) is 2.83. The van der Waals surface area contributed by atoms with Crippen LogP contribution in [-0.2, 0) is 21.4 Å². The standard InChI is InChI=1S/C25H21BrN2O4S/c26-20-8-10-21(11-9-20)28-33(30,31)23-14-12-22(13-15-23)32-17-25(29)27-16-19-6-3-5-18-4-1-2-7-24(18)19/h1-15,28H,16-17H2,(H,27,29). The largest absolute Gasteiger partial charge is 0.484 e. The van der Waals surface area contributed by atoms with Gasteiger partial charge in [-0.2, -0.15) is 0 Å². The van der Waals surface area contributed by atoms with Crippen LogP contribution in [0.2, 0.25) is 0 Å².